The van der Waals surface area contributed by atoms with Gasteiger partial charge >= 0.3 is 0 Å². The maximum Gasteiger partial charge on any atom is 0.160 e. The molecule has 0 amide bonds. The Bertz CT molecular complexity index is 305. The van der Waals surface area contributed by atoms with E-state index in [1.165, 1.54) is 10.4 Å². The summed E-state index contributed by atoms with van der Waals surface area (Å²) in [6, 6.07) is 2.42. The summed E-state index contributed by atoms with van der Waals surface area (Å²) in [7, 11) is 0. The molecule has 0 aliphatic carbocycles. The van der Waals surface area contributed by atoms with Crippen molar-refractivity contribution < 1.29 is 4.79 Å². The number of nitrogens with one attached hydrogen (secondary N) is 1. The van der Waals surface area contributed by atoms with Crippen molar-refractivity contribution in [3.05, 3.63) is 21.4 Å². The van der Waals surface area contributed by atoms with E-state index in [0.29, 0.717) is 6.04 Å². The van der Waals surface area contributed by atoms with E-state index in [-0.39, 0.29) is 0 Å². The molecule has 1 aliphatic rings. The molecule has 0 radical (unpaired) electrons. The van der Waals surface area contributed by atoms with E-state index in [0.717, 1.165) is 24.1 Å². The van der Waals surface area contributed by atoms with E-state index < -0.39 is 0 Å². The highest BCUT2D eigenvalue weighted by molar-refractivity contribution is 7.13. The van der Waals surface area contributed by atoms with Crippen molar-refractivity contribution in [3.63, 3.8) is 0 Å². The van der Waals surface area contributed by atoms with Gasteiger partial charge in [0.05, 0.1) is 4.88 Å². The van der Waals surface area contributed by atoms with Crippen molar-refractivity contribution in [2.75, 3.05) is 6.54 Å². The number of hydrogen-bond donors (Lipinski definition) is 1. The van der Waals surface area contributed by atoms with Crippen LogP contribution in [0, 0.1) is 0 Å². The second kappa shape index (κ2) is 2.99. The Hall–Kier alpha value is -0.670. The number of carbonyl (C=O) groups excluding carboxylic acids is 1. The third-order valence-corrected chi connectivity index (χ3v) is 3.38. The van der Waals surface area contributed by atoms with Crippen molar-refractivity contribution in [1.29, 1.82) is 0 Å². The summed E-state index contributed by atoms with van der Waals surface area (Å²) >= 11 is 1.63. The Morgan fingerprint density at radius 2 is 2.58 bits per heavy atom. The molecule has 1 aromatic rings. The van der Waals surface area contributed by atoms with Crippen LogP contribution in [0.3, 0.4) is 0 Å². The fourth-order valence-corrected chi connectivity index (χ4v) is 2.67. The predicted molar refractivity (Wildman–Crippen MR) is 49.8 cm³/mol. The lowest BCUT2D eigenvalue weighted by Gasteiger charge is -2.19. The molecule has 1 unspecified atom stereocenters. The number of fused-ring (bicyclic) bond motifs is 1. The average molecular weight is 181 g/mol. The van der Waals surface area contributed by atoms with Crippen molar-refractivity contribution in [2.45, 2.75) is 19.4 Å². The van der Waals surface area contributed by atoms with E-state index in [1.54, 1.807) is 11.3 Å². The standard InChI is InChI=1S/C9H11NOS/c1-6-8-4-7(5-11)12-9(8)2-3-10-6/h4-6,10H,2-3H2,1H3. The minimum absolute atomic E-state index is 0.415. The van der Waals surface area contributed by atoms with Gasteiger partial charge < -0.3 is 5.32 Å². The highest BCUT2D eigenvalue weighted by atomic mass is 32.1. The van der Waals surface area contributed by atoms with E-state index in [2.05, 4.69) is 12.2 Å². The lowest BCUT2D eigenvalue weighted by Crippen LogP contribution is -2.26. The average Bonchev–Trinajstić information content (AvgIpc) is 2.49. The molecule has 1 atom stereocenters. The van der Waals surface area contributed by atoms with Crippen LogP contribution < -0.4 is 5.32 Å². The number of aldehydes is 1. The fraction of sp³-hybridized carbons (Fsp3) is 0.444. The molecule has 0 bridgehead atoms. The lowest BCUT2D eigenvalue weighted by atomic mass is 10.0. The van der Waals surface area contributed by atoms with Gasteiger partial charge in [-0.25, -0.2) is 0 Å². The van der Waals surface area contributed by atoms with Crippen LogP contribution in [0.1, 0.15) is 33.1 Å². The molecule has 12 heavy (non-hydrogen) atoms. The number of carbonyl (C=O) groups is 1. The first-order valence-corrected chi connectivity index (χ1v) is 4.94. The third kappa shape index (κ3) is 1.19. The van der Waals surface area contributed by atoms with Gasteiger partial charge in [-0.15, -0.1) is 11.3 Å². The molecule has 0 fully saturated rings. The van der Waals surface area contributed by atoms with Gasteiger partial charge in [0, 0.05) is 17.5 Å². The third-order valence-electron chi connectivity index (χ3n) is 2.25. The van der Waals surface area contributed by atoms with Crippen LogP contribution >= 0.6 is 11.3 Å². The molecule has 1 aromatic heterocycles. The highest BCUT2D eigenvalue weighted by Gasteiger charge is 2.18. The first kappa shape index (κ1) is 7.95. The van der Waals surface area contributed by atoms with Gasteiger partial charge in [0.2, 0.25) is 0 Å². The second-order valence-corrected chi connectivity index (χ2v) is 4.24. The first-order valence-electron chi connectivity index (χ1n) is 4.12. The van der Waals surface area contributed by atoms with E-state index in [9.17, 15) is 4.79 Å². The molecule has 0 spiro atoms. The van der Waals surface area contributed by atoms with Crippen molar-refractivity contribution in [2.24, 2.45) is 0 Å². The highest BCUT2D eigenvalue weighted by Crippen LogP contribution is 2.29. The molecular weight excluding hydrogens is 170 g/mol. The van der Waals surface area contributed by atoms with Crippen molar-refractivity contribution in [1.82, 2.24) is 5.32 Å². The first-order chi connectivity index (χ1) is 5.81. The maximum atomic E-state index is 10.5. The molecule has 2 heterocycles. The lowest BCUT2D eigenvalue weighted by molar-refractivity contribution is 0.112. The molecule has 64 valence electrons. The quantitative estimate of drug-likeness (QED) is 0.669. The monoisotopic (exact) mass is 181 g/mol. The van der Waals surface area contributed by atoms with Gasteiger partial charge in [-0.2, -0.15) is 0 Å². The van der Waals surface area contributed by atoms with Crippen molar-refractivity contribution >= 4 is 17.6 Å². The molecule has 2 rings (SSSR count). The van der Waals surface area contributed by atoms with Gasteiger partial charge in [0.25, 0.3) is 0 Å². The van der Waals surface area contributed by atoms with Crippen LogP contribution in [-0.4, -0.2) is 12.8 Å². The summed E-state index contributed by atoms with van der Waals surface area (Å²) in [5.41, 5.74) is 1.31. The summed E-state index contributed by atoms with van der Waals surface area (Å²) in [6.07, 6.45) is 2.01. The molecule has 0 saturated carbocycles. The minimum atomic E-state index is 0.415. The van der Waals surface area contributed by atoms with Crippen LogP contribution in [0.5, 0.6) is 0 Å². The van der Waals surface area contributed by atoms with E-state index >= 15 is 0 Å². The van der Waals surface area contributed by atoms with Gasteiger partial charge in [-0.3, -0.25) is 4.79 Å². The van der Waals surface area contributed by atoms with Crippen LogP contribution in [0.15, 0.2) is 6.07 Å². The SMILES string of the molecule is CC1NCCc2sc(C=O)cc21. The Morgan fingerprint density at radius 3 is 3.25 bits per heavy atom. The summed E-state index contributed by atoms with van der Waals surface area (Å²) in [4.78, 5) is 12.8. The molecule has 1 aliphatic heterocycles. The Balaban J connectivity index is 2.43. The number of rotatable bonds is 1. The zero-order chi connectivity index (χ0) is 8.55. The molecule has 0 saturated heterocycles. The topological polar surface area (TPSA) is 29.1 Å². The largest absolute Gasteiger partial charge is 0.310 e. The molecule has 2 nitrogen and oxygen atoms in total. The molecule has 3 heteroatoms. The number of thiophene rings is 1. The Morgan fingerprint density at radius 1 is 1.75 bits per heavy atom. The van der Waals surface area contributed by atoms with E-state index in [1.807, 2.05) is 6.07 Å². The van der Waals surface area contributed by atoms with Gasteiger partial charge in [-0.1, -0.05) is 0 Å². The predicted octanol–water partition coefficient (Wildman–Crippen LogP) is 1.77. The normalized spacial score (nSPS) is 21.9. The molecular formula is C9H11NOS. The maximum absolute atomic E-state index is 10.5. The smallest absolute Gasteiger partial charge is 0.160 e. The van der Waals surface area contributed by atoms with E-state index in [4.69, 9.17) is 0 Å². The van der Waals surface area contributed by atoms with Crippen LogP contribution in [0.4, 0.5) is 0 Å². The second-order valence-electron chi connectivity index (χ2n) is 3.07. The molecule has 0 aromatic carbocycles. The zero-order valence-electron chi connectivity index (χ0n) is 6.96. The van der Waals surface area contributed by atoms with Gasteiger partial charge in [0.15, 0.2) is 6.29 Å². The van der Waals surface area contributed by atoms with Gasteiger partial charge in [0.1, 0.15) is 0 Å². The summed E-state index contributed by atoms with van der Waals surface area (Å²) in [5.74, 6) is 0. The van der Waals surface area contributed by atoms with Crippen LogP contribution in [0.2, 0.25) is 0 Å². The zero-order valence-corrected chi connectivity index (χ0v) is 7.78. The number of hydrogen-bond acceptors (Lipinski definition) is 3. The summed E-state index contributed by atoms with van der Waals surface area (Å²) in [5, 5.41) is 3.37. The summed E-state index contributed by atoms with van der Waals surface area (Å²) < 4.78 is 0. The summed E-state index contributed by atoms with van der Waals surface area (Å²) in [6.45, 7) is 3.17. The Kier molecular flexibility index (Phi) is 1.98. The van der Waals surface area contributed by atoms with Crippen molar-refractivity contribution in [3.8, 4) is 0 Å². The van der Waals surface area contributed by atoms with Crippen LogP contribution in [-0.2, 0) is 6.42 Å². The fourth-order valence-electron chi connectivity index (χ4n) is 1.60. The van der Waals surface area contributed by atoms with Gasteiger partial charge in [-0.05, 0) is 25.0 Å². The van der Waals surface area contributed by atoms with Crippen LogP contribution in [0.25, 0.3) is 0 Å². The minimum Gasteiger partial charge on any atom is -0.310 e. The molecule has 1 N–H and O–H groups in total. The Labute approximate surface area is 75.6 Å².